The van der Waals surface area contributed by atoms with E-state index in [9.17, 15) is 4.79 Å². The largest absolute Gasteiger partial charge is 0.369 e. The number of aromatic nitrogens is 1. The minimum atomic E-state index is -0.451. The predicted molar refractivity (Wildman–Crippen MR) is 137 cm³/mol. The maximum absolute atomic E-state index is 15.5. The molecule has 1 aliphatic carbocycles. The van der Waals surface area contributed by atoms with E-state index >= 15 is 4.39 Å². The van der Waals surface area contributed by atoms with Crippen molar-refractivity contribution in [3.05, 3.63) is 64.1 Å². The van der Waals surface area contributed by atoms with Gasteiger partial charge in [0.15, 0.2) is 11.6 Å². The zero-order valence-electron chi connectivity index (χ0n) is 20.9. The molecule has 0 bridgehead atoms. The zero-order chi connectivity index (χ0) is 24.4. The molecular formula is C28H33FN4O. The topological polar surface area (TPSA) is 40.8 Å². The van der Waals surface area contributed by atoms with Crippen molar-refractivity contribution >= 4 is 28.6 Å². The van der Waals surface area contributed by atoms with Crippen molar-refractivity contribution < 1.29 is 9.18 Å². The molecule has 0 amide bonds. The molecular weight excluding hydrogens is 427 g/mol. The third-order valence-electron chi connectivity index (χ3n) is 7.74. The Morgan fingerprint density at radius 3 is 2.44 bits per heavy atom. The predicted octanol–water partition coefficient (Wildman–Crippen LogP) is 4.77. The summed E-state index contributed by atoms with van der Waals surface area (Å²) in [6, 6.07) is 10.3. The molecule has 5 rings (SSSR count). The van der Waals surface area contributed by atoms with Crippen LogP contribution in [0.25, 0.3) is 10.9 Å². The molecule has 5 nitrogen and oxygen atoms in total. The number of aliphatic imine (C=N–C) groups is 1. The van der Waals surface area contributed by atoms with E-state index in [2.05, 4.69) is 54.6 Å². The van der Waals surface area contributed by atoms with Gasteiger partial charge in [0.05, 0.1) is 11.1 Å². The number of piperazine rings is 1. The lowest BCUT2D eigenvalue weighted by Crippen LogP contribution is -2.49. The van der Waals surface area contributed by atoms with E-state index < -0.39 is 5.41 Å². The summed E-state index contributed by atoms with van der Waals surface area (Å²) in [5.41, 5.74) is 4.80. The number of carbonyl (C=O) groups excluding carboxylic acids is 1. The van der Waals surface area contributed by atoms with Crippen LogP contribution in [0.5, 0.6) is 0 Å². The molecule has 2 aromatic carbocycles. The van der Waals surface area contributed by atoms with Crippen LogP contribution in [0.2, 0.25) is 0 Å². The summed E-state index contributed by atoms with van der Waals surface area (Å²) in [5.74, 6) is -0.362. The Bertz CT molecular complexity index is 1330. The third kappa shape index (κ3) is 3.22. The summed E-state index contributed by atoms with van der Waals surface area (Å²) in [6.07, 6.45) is 1.52. The fraction of sp³-hybridized carbons (Fsp3) is 0.429. The van der Waals surface area contributed by atoms with Crippen molar-refractivity contribution in [2.45, 2.75) is 39.2 Å². The number of fused-ring (bicyclic) bond motifs is 4. The van der Waals surface area contributed by atoms with Gasteiger partial charge in [-0.1, -0.05) is 19.9 Å². The molecule has 2 aliphatic rings. The molecule has 1 aromatic heterocycles. The number of nitrogens with zero attached hydrogens (tertiary/aromatic N) is 4. The van der Waals surface area contributed by atoms with E-state index in [0.29, 0.717) is 33.6 Å². The first-order chi connectivity index (χ1) is 16.2. The Labute approximate surface area is 200 Å². The maximum atomic E-state index is 15.5. The van der Waals surface area contributed by atoms with Crippen LogP contribution in [-0.4, -0.2) is 60.7 Å². The number of ketones is 1. The van der Waals surface area contributed by atoms with E-state index in [1.807, 2.05) is 23.7 Å². The molecule has 1 aliphatic heterocycles. The second-order valence-electron chi connectivity index (χ2n) is 10.3. The van der Waals surface area contributed by atoms with Crippen LogP contribution in [0, 0.1) is 5.82 Å². The summed E-state index contributed by atoms with van der Waals surface area (Å²) < 4.78 is 17.3. The lowest BCUT2D eigenvalue weighted by Gasteiger charge is -2.39. The smallest absolute Gasteiger partial charge is 0.195 e. The van der Waals surface area contributed by atoms with Gasteiger partial charge in [0.1, 0.15) is 0 Å². The third-order valence-corrected chi connectivity index (χ3v) is 7.74. The molecule has 6 heteroatoms. The van der Waals surface area contributed by atoms with Crippen LogP contribution < -0.4 is 4.90 Å². The summed E-state index contributed by atoms with van der Waals surface area (Å²) in [6.45, 7) is 12.8. The summed E-state index contributed by atoms with van der Waals surface area (Å²) >= 11 is 0. The number of anilines is 1. The molecule has 2 heterocycles. The molecule has 1 fully saturated rings. The van der Waals surface area contributed by atoms with Crippen molar-refractivity contribution in [1.82, 2.24) is 9.47 Å². The number of benzene rings is 2. The summed E-state index contributed by atoms with van der Waals surface area (Å²) in [5, 5.41) is 0.667. The first-order valence-electron chi connectivity index (χ1n) is 12.1. The van der Waals surface area contributed by atoms with Crippen LogP contribution in [0.3, 0.4) is 0 Å². The van der Waals surface area contributed by atoms with Gasteiger partial charge in [-0.05, 0) is 43.7 Å². The van der Waals surface area contributed by atoms with Gasteiger partial charge in [-0.3, -0.25) is 14.7 Å². The van der Waals surface area contributed by atoms with E-state index in [1.165, 1.54) is 6.21 Å². The van der Waals surface area contributed by atoms with E-state index in [-0.39, 0.29) is 11.6 Å². The van der Waals surface area contributed by atoms with Gasteiger partial charge in [0, 0.05) is 85.8 Å². The fourth-order valence-electron chi connectivity index (χ4n) is 5.92. The van der Waals surface area contributed by atoms with Crippen molar-refractivity contribution in [2.24, 2.45) is 12.0 Å². The Morgan fingerprint density at radius 1 is 1.09 bits per heavy atom. The molecule has 0 spiro atoms. The lowest BCUT2D eigenvalue weighted by atomic mass is 9.71. The van der Waals surface area contributed by atoms with Crippen molar-refractivity contribution in [3.8, 4) is 0 Å². The van der Waals surface area contributed by atoms with Gasteiger partial charge < -0.3 is 9.47 Å². The molecule has 0 saturated carbocycles. The highest BCUT2D eigenvalue weighted by Crippen LogP contribution is 2.46. The second kappa shape index (κ2) is 8.05. The number of carbonyl (C=O) groups is 1. The van der Waals surface area contributed by atoms with Gasteiger partial charge in [0.2, 0.25) is 0 Å². The fourth-order valence-corrected chi connectivity index (χ4v) is 5.92. The zero-order valence-corrected chi connectivity index (χ0v) is 20.9. The van der Waals surface area contributed by atoms with Gasteiger partial charge >= 0.3 is 0 Å². The van der Waals surface area contributed by atoms with Crippen LogP contribution in [-0.2, 0) is 12.5 Å². The van der Waals surface area contributed by atoms with Crippen LogP contribution in [0.1, 0.15) is 60.4 Å². The highest BCUT2D eigenvalue weighted by Gasteiger charge is 2.42. The van der Waals surface area contributed by atoms with Crippen molar-refractivity contribution in [3.63, 3.8) is 0 Å². The Morgan fingerprint density at radius 2 is 1.79 bits per heavy atom. The standard InChI is InChI=1S/C28H33FN4O/c1-17(2)32-11-13-33(14-12-32)19-8-10-20-22(15-19)28(3,4)27-23(26(20)34)21-9-7-18(16-30-5)24(29)25(21)31(27)6/h7-10,15-17H,11-14H2,1-6H3. The van der Waals surface area contributed by atoms with Crippen molar-refractivity contribution in [1.29, 1.82) is 0 Å². The molecule has 1 saturated heterocycles. The Kier molecular flexibility index (Phi) is 5.40. The van der Waals surface area contributed by atoms with Crippen LogP contribution in [0.4, 0.5) is 10.1 Å². The average molecular weight is 461 g/mol. The Balaban J connectivity index is 1.62. The van der Waals surface area contributed by atoms with Gasteiger partial charge in [-0.15, -0.1) is 0 Å². The maximum Gasteiger partial charge on any atom is 0.195 e. The summed E-state index contributed by atoms with van der Waals surface area (Å²) in [7, 11) is 3.50. The highest BCUT2D eigenvalue weighted by atomic mass is 19.1. The molecule has 178 valence electrons. The van der Waals surface area contributed by atoms with Crippen molar-refractivity contribution in [2.75, 3.05) is 38.1 Å². The second-order valence-corrected chi connectivity index (χ2v) is 10.3. The molecule has 0 radical (unpaired) electrons. The van der Waals surface area contributed by atoms with Gasteiger partial charge in [-0.25, -0.2) is 4.39 Å². The molecule has 0 atom stereocenters. The number of aryl methyl sites for hydroxylation is 1. The first kappa shape index (κ1) is 22.8. The van der Waals surface area contributed by atoms with E-state index in [0.717, 1.165) is 43.1 Å². The van der Waals surface area contributed by atoms with E-state index in [4.69, 9.17) is 0 Å². The lowest BCUT2D eigenvalue weighted by molar-refractivity contribution is 0.103. The van der Waals surface area contributed by atoms with E-state index in [1.54, 1.807) is 13.1 Å². The number of halogens is 1. The number of hydrogen-bond acceptors (Lipinski definition) is 4. The SMILES string of the molecule is CN=Cc1ccc2c3c(n(C)c2c1F)C(C)(C)c1cc(N2CCN(C(C)C)CC2)ccc1C3=O. The normalized spacial score (nSPS) is 18.2. The molecule has 0 unspecified atom stereocenters. The highest BCUT2D eigenvalue weighted by molar-refractivity contribution is 6.20. The minimum Gasteiger partial charge on any atom is -0.369 e. The molecule has 0 N–H and O–H groups in total. The molecule has 3 aromatic rings. The quantitative estimate of drug-likeness (QED) is 0.529. The average Bonchev–Trinajstić information content (AvgIpc) is 3.13. The van der Waals surface area contributed by atoms with Crippen LogP contribution in [0.15, 0.2) is 35.3 Å². The Hall–Kier alpha value is -2.99. The van der Waals surface area contributed by atoms with Gasteiger partial charge in [-0.2, -0.15) is 0 Å². The molecule has 34 heavy (non-hydrogen) atoms. The number of rotatable bonds is 3. The summed E-state index contributed by atoms with van der Waals surface area (Å²) in [4.78, 5) is 22.7. The van der Waals surface area contributed by atoms with Crippen LogP contribution >= 0.6 is 0 Å². The number of hydrogen-bond donors (Lipinski definition) is 0. The monoisotopic (exact) mass is 460 g/mol. The minimum absolute atomic E-state index is 0.0255. The van der Waals surface area contributed by atoms with Gasteiger partial charge in [0.25, 0.3) is 0 Å². The first-order valence-corrected chi connectivity index (χ1v) is 12.1.